The Balaban J connectivity index is 1.99. The summed E-state index contributed by atoms with van der Waals surface area (Å²) in [6.45, 7) is 0.652. The van der Waals surface area contributed by atoms with Gasteiger partial charge in [-0.2, -0.15) is 0 Å². The van der Waals surface area contributed by atoms with Crippen LogP contribution in [0.5, 0.6) is 5.75 Å². The Bertz CT molecular complexity index is 687. The van der Waals surface area contributed by atoms with Crippen molar-refractivity contribution in [3.05, 3.63) is 58.6 Å². The van der Waals surface area contributed by atoms with Gasteiger partial charge in [0.05, 0.1) is 19.7 Å². The average Bonchev–Trinajstić information content (AvgIpc) is 2.89. The summed E-state index contributed by atoms with van der Waals surface area (Å²) in [7, 11) is 1.66. The van der Waals surface area contributed by atoms with Crippen molar-refractivity contribution < 1.29 is 4.74 Å². The highest BCUT2D eigenvalue weighted by molar-refractivity contribution is 9.10. The first kappa shape index (κ1) is 13.9. The van der Waals surface area contributed by atoms with Gasteiger partial charge in [0.1, 0.15) is 5.75 Å². The fourth-order valence-electron chi connectivity index (χ4n) is 2.54. The van der Waals surface area contributed by atoms with Gasteiger partial charge in [0, 0.05) is 16.2 Å². The molecule has 1 heterocycles. The Morgan fingerprint density at radius 2 is 2.05 bits per heavy atom. The smallest absolute Gasteiger partial charge is 0.196 e. The van der Waals surface area contributed by atoms with E-state index in [0.29, 0.717) is 12.5 Å². The van der Waals surface area contributed by atoms with E-state index >= 15 is 0 Å². The number of benzene rings is 2. The maximum absolute atomic E-state index is 6.09. The maximum Gasteiger partial charge on any atom is 0.196 e. The molecule has 2 aromatic rings. The molecule has 0 saturated heterocycles. The quantitative estimate of drug-likeness (QED) is 0.928. The standard InChI is InChI=1S/C16H16BrN3O/c1-21-14-7-3-6-13(9-14)20-15(10-19-16(20)18)11-4-2-5-12(17)8-11/h2-9,15H,10H2,1H3,(H2,18,19). The third-order valence-electron chi connectivity index (χ3n) is 3.55. The van der Waals surface area contributed by atoms with E-state index in [0.717, 1.165) is 15.9 Å². The van der Waals surface area contributed by atoms with Crippen LogP contribution in [0.4, 0.5) is 5.69 Å². The highest BCUT2D eigenvalue weighted by Gasteiger charge is 2.29. The van der Waals surface area contributed by atoms with Crippen molar-refractivity contribution in [3.8, 4) is 5.75 Å². The van der Waals surface area contributed by atoms with Crippen molar-refractivity contribution in [1.29, 1.82) is 0 Å². The van der Waals surface area contributed by atoms with Crippen molar-refractivity contribution in [2.75, 3.05) is 18.6 Å². The van der Waals surface area contributed by atoms with E-state index < -0.39 is 0 Å². The zero-order valence-corrected chi connectivity index (χ0v) is 13.2. The topological polar surface area (TPSA) is 50.9 Å². The molecule has 2 N–H and O–H groups in total. The lowest BCUT2D eigenvalue weighted by atomic mass is 10.1. The number of aliphatic imine (C=N–C) groups is 1. The summed E-state index contributed by atoms with van der Waals surface area (Å²) in [4.78, 5) is 6.45. The van der Waals surface area contributed by atoms with Gasteiger partial charge in [0.2, 0.25) is 0 Å². The van der Waals surface area contributed by atoms with Crippen LogP contribution in [-0.4, -0.2) is 19.6 Å². The Hall–Kier alpha value is -2.01. The van der Waals surface area contributed by atoms with E-state index in [-0.39, 0.29) is 6.04 Å². The van der Waals surface area contributed by atoms with Gasteiger partial charge in [-0.1, -0.05) is 34.1 Å². The van der Waals surface area contributed by atoms with Crippen LogP contribution in [0, 0.1) is 0 Å². The molecule has 21 heavy (non-hydrogen) atoms. The van der Waals surface area contributed by atoms with Crippen LogP contribution in [0.1, 0.15) is 11.6 Å². The molecule has 0 amide bonds. The number of hydrogen-bond acceptors (Lipinski definition) is 4. The van der Waals surface area contributed by atoms with E-state index in [9.17, 15) is 0 Å². The zero-order chi connectivity index (χ0) is 14.8. The van der Waals surface area contributed by atoms with Crippen LogP contribution in [0.15, 0.2) is 58.0 Å². The Morgan fingerprint density at radius 1 is 1.24 bits per heavy atom. The first-order valence-electron chi connectivity index (χ1n) is 6.67. The lowest BCUT2D eigenvalue weighted by Crippen LogP contribution is -2.36. The van der Waals surface area contributed by atoms with E-state index in [4.69, 9.17) is 10.5 Å². The fourth-order valence-corrected chi connectivity index (χ4v) is 2.96. The normalized spacial score (nSPS) is 17.7. The molecule has 0 spiro atoms. The van der Waals surface area contributed by atoms with E-state index in [1.807, 2.05) is 41.3 Å². The predicted molar refractivity (Wildman–Crippen MR) is 88.8 cm³/mol. The van der Waals surface area contributed by atoms with Crippen LogP contribution in [0.25, 0.3) is 0 Å². The summed E-state index contributed by atoms with van der Waals surface area (Å²) in [5.41, 5.74) is 8.25. The molecule has 0 aromatic heterocycles. The molecule has 108 valence electrons. The van der Waals surface area contributed by atoms with Gasteiger partial charge in [0.25, 0.3) is 0 Å². The number of methoxy groups -OCH3 is 1. The average molecular weight is 346 g/mol. The summed E-state index contributed by atoms with van der Waals surface area (Å²) < 4.78 is 6.35. The molecule has 1 aliphatic heterocycles. The van der Waals surface area contributed by atoms with Gasteiger partial charge < -0.3 is 15.4 Å². The van der Waals surface area contributed by atoms with Crippen LogP contribution < -0.4 is 15.4 Å². The largest absolute Gasteiger partial charge is 0.497 e. The van der Waals surface area contributed by atoms with Crippen molar-refractivity contribution in [2.24, 2.45) is 10.7 Å². The molecule has 1 aliphatic rings. The van der Waals surface area contributed by atoms with Gasteiger partial charge in [-0.3, -0.25) is 4.99 Å². The Morgan fingerprint density at radius 3 is 2.81 bits per heavy atom. The Kier molecular flexibility index (Phi) is 3.84. The highest BCUT2D eigenvalue weighted by Crippen LogP contribution is 2.33. The van der Waals surface area contributed by atoms with E-state index in [2.05, 4.69) is 33.1 Å². The lowest BCUT2D eigenvalue weighted by molar-refractivity contribution is 0.415. The van der Waals surface area contributed by atoms with Crippen molar-refractivity contribution in [2.45, 2.75) is 6.04 Å². The van der Waals surface area contributed by atoms with Crippen LogP contribution in [0.2, 0.25) is 0 Å². The SMILES string of the molecule is COc1cccc(N2C(N)=NCC2c2cccc(Br)c2)c1. The molecule has 0 bridgehead atoms. The molecule has 0 fully saturated rings. The van der Waals surface area contributed by atoms with Crippen molar-refractivity contribution >= 4 is 27.6 Å². The van der Waals surface area contributed by atoms with Gasteiger partial charge in [-0.05, 0) is 29.8 Å². The number of ether oxygens (including phenoxy) is 1. The van der Waals surface area contributed by atoms with Gasteiger partial charge >= 0.3 is 0 Å². The maximum atomic E-state index is 6.09. The number of guanidine groups is 1. The lowest BCUT2D eigenvalue weighted by Gasteiger charge is -2.27. The summed E-state index contributed by atoms with van der Waals surface area (Å²) in [5, 5.41) is 0. The molecule has 1 atom stereocenters. The number of nitrogens with two attached hydrogens (primary N) is 1. The first-order valence-corrected chi connectivity index (χ1v) is 7.47. The van der Waals surface area contributed by atoms with Crippen molar-refractivity contribution in [3.63, 3.8) is 0 Å². The minimum absolute atomic E-state index is 0.106. The minimum atomic E-state index is 0.106. The highest BCUT2D eigenvalue weighted by atomic mass is 79.9. The van der Waals surface area contributed by atoms with E-state index in [1.54, 1.807) is 7.11 Å². The molecule has 4 nitrogen and oxygen atoms in total. The van der Waals surface area contributed by atoms with Crippen LogP contribution in [0.3, 0.4) is 0 Å². The molecule has 0 aliphatic carbocycles. The molecular weight excluding hydrogens is 330 g/mol. The first-order chi connectivity index (χ1) is 10.2. The van der Waals surface area contributed by atoms with Gasteiger partial charge in [-0.25, -0.2) is 0 Å². The number of rotatable bonds is 3. The predicted octanol–water partition coefficient (Wildman–Crippen LogP) is 3.33. The monoisotopic (exact) mass is 345 g/mol. The van der Waals surface area contributed by atoms with Crippen LogP contribution in [-0.2, 0) is 0 Å². The number of nitrogens with zero attached hydrogens (tertiary/aromatic N) is 2. The molecule has 3 rings (SSSR count). The summed E-state index contributed by atoms with van der Waals surface area (Å²) >= 11 is 3.52. The zero-order valence-electron chi connectivity index (χ0n) is 11.7. The fraction of sp³-hybridized carbons (Fsp3) is 0.188. The molecule has 0 radical (unpaired) electrons. The number of halogens is 1. The minimum Gasteiger partial charge on any atom is -0.497 e. The second-order valence-electron chi connectivity index (χ2n) is 4.84. The second-order valence-corrected chi connectivity index (χ2v) is 5.76. The Labute approximate surface area is 132 Å². The molecule has 5 heteroatoms. The summed E-state index contributed by atoms with van der Waals surface area (Å²) in [5.74, 6) is 1.34. The number of anilines is 1. The molecule has 0 saturated carbocycles. The molecule has 1 unspecified atom stereocenters. The van der Waals surface area contributed by atoms with Gasteiger partial charge in [0.15, 0.2) is 5.96 Å². The van der Waals surface area contributed by atoms with Crippen molar-refractivity contribution in [1.82, 2.24) is 0 Å². The summed E-state index contributed by atoms with van der Waals surface area (Å²) in [6.07, 6.45) is 0. The third kappa shape index (κ3) is 2.74. The molecule has 2 aromatic carbocycles. The van der Waals surface area contributed by atoms with Crippen LogP contribution >= 0.6 is 15.9 Å². The number of hydrogen-bond donors (Lipinski definition) is 1. The molecular formula is C16H16BrN3O. The summed E-state index contributed by atoms with van der Waals surface area (Å²) in [6, 6.07) is 16.2. The third-order valence-corrected chi connectivity index (χ3v) is 4.04. The van der Waals surface area contributed by atoms with Gasteiger partial charge in [-0.15, -0.1) is 0 Å². The second kappa shape index (κ2) is 5.77. The van der Waals surface area contributed by atoms with E-state index in [1.165, 1.54) is 5.56 Å².